The number of rotatable bonds is 4. The van der Waals surface area contributed by atoms with Crippen LogP contribution < -0.4 is 4.74 Å². The number of ether oxygens (including phenoxy) is 1. The molecule has 1 aromatic carbocycles. The van der Waals surface area contributed by atoms with Crippen molar-refractivity contribution in [3.05, 3.63) is 39.8 Å². The molecule has 0 fully saturated rings. The summed E-state index contributed by atoms with van der Waals surface area (Å²) >= 11 is 14.7. The van der Waals surface area contributed by atoms with Crippen molar-refractivity contribution in [3.8, 4) is 5.75 Å². The van der Waals surface area contributed by atoms with Gasteiger partial charge in [0.25, 0.3) is 0 Å². The number of halogens is 3. The Morgan fingerprint density at radius 2 is 2.21 bits per heavy atom. The normalized spacial score (nSPS) is 9.93. The van der Waals surface area contributed by atoms with Gasteiger partial charge >= 0.3 is 0 Å². The molecule has 0 radical (unpaired) electrons. The molecule has 1 nitrogen and oxygen atoms in total. The van der Waals surface area contributed by atoms with Crippen molar-refractivity contribution in [2.45, 2.75) is 0 Å². The molecule has 0 atom stereocenters. The van der Waals surface area contributed by atoms with Crippen molar-refractivity contribution in [2.75, 3.05) is 12.5 Å². The molecule has 0 saturated heterocycles. The van der Waals surface area contributed by atoms with Gasteiger partial charge in [-0.25, -0.2) is 0 Å². The number of benzene rings is 1. The summed E-state index contributed by atoms with van der Waals surface area (Å²) in [6.07, 6.45) is 0. The molecule has 0 aromatic heterocycles. The van der Waals surface area contributed by atoms with E-state index in [-0.39, 0.29) is 0 Å². The van der Waals surface area contributed by atoms with Crippen LogP contribution in [0.4, 0.5) is 0 Å². The third kappa shape index (κ3) is 3.52. The molecule has 4 heteroatoms. The van der Waals surface area contributed by atoms with E-state index in [4.69, 9.17) is 27.9 Å². The van der Waals surface area contributed by atoms with Gasteiger partial charge in [0.15, 0.2) is 0 Å². The maximum Gasteiger partial charge on any atom is 0.134 e. The molecule has 0 aliphatic carbocycles. The second kappa shape index (κ2) is 5.64. The van der Waals surface area contributed by atoms with Crippen LogP contribution in [0.2, 0.25) is 5.02 Å². The quantitative estimate of drug-likeness (QED) is 0.595. The van der Waals surface area contributed by atoms with Crippen molar-refractivity contribution in [3.63, 3.8) is 0 Å². The lowest BCUT2D eigenvalue weighted by atomic mass is 10.3. The summed E-state index contributed by atoms with van der Waals surface area (Å²) in [5.74, 6) is 1.14. The van der Waals surface area contributed by atoms with Gasteiger partial charge < -0.3 is 4.74 Å². The van der Waals surface area contributed by atoms with Crippen LogP contribution in [-0.2, 0) is 0 Å². The van der Waals surface area contributed by atoms with E-state index < -0.39 is 0 Å². The van der Waals surface area contributed by atoms with Crippen molar-refractivity contribution >= 4 is 39.1 Å². The average Bonchev–Trinajstić information content (AvgIpc) is 2.16. The van der Waals surface area contributed by atoms with Gasteiger partial charge in [0.2, 0.25) is 0 Å². The highest BCUT2D eigenvalue weighted by atomic mass is 79.9. The molecule has 0 amide bonds. The molecule has 14 heavy (non-hydrogen) atoms. The molecule has 0 spiro atoms. The fourth-order valence-corrected chi connectivity index (χ4v) is 1.68. The van der Waals surface area contributed by atoms with Gasteiger partial charge in [-0.2, -0.15) is 0 Å². The summed E-state index contributed by atoms with van der Waals surface area (Å²) in [6.45, 7) is 4.16. The maximum absolute atomic E-state index is 5.78. The Morgan fingerprint density at radius 1 is 1.50 bits per heavy atom. The fraction of sp³-hybridized carbons (Fsp3) is 0.200. The van der Waals surface area contributed by atoms with E-state index in [9.17, 15) is 0 Å². The number of alkyl halides is 1. The van der Waals surface area contributed by atoms with Crippen molar-refractivity contribution < 1.29 is 4.74 Å². The lowest BCUT2D eigenvalue weighted by Gasteiger charge is -2.08. The first kappa shape index (κ1) is 11.9. The molecule has 0 aliphatic rings. The van der Waals surface area contributed by atoms with E-state index in [1.165, 1.54) is 0 Å². The largest absolute Gasteiger partial charge is 0.488 e. The van der Waals surface area contributed by atoms with E-state index in [0.29, 0.717) is 17.5 Å². The molecule has 76 valence electrons. The zero-order valence-electron chi connectivity index (χ0n) is 7.40. The lowest BCUT2D eigenvalue weighted by molar-refractivity contribution is 0.351. The van der Waals surface area contributed by atoms with Gasteiger partial charge in [-0.1, -0.05) is 18.2 Å². The molecule has 1 rings (SSSR count). The minimum absolute atomic E-state index is 0.408. The summed E-state index contributed by atoms with van der Waals surface area (Å²) in [4.78, 5) is 0. The first-order valence-corrected chi connectivity index (χ1v) is 5.64. The van der Waals surface area contributed by atoms with Crippen LogP contribution >= 0.6 is 39.1 Å². The zero-order chi connectivity index (χ0) is 10.6. The van der Waals surface area contributed by atoms with Crippen molar-refractivity contribution in [1.29, 1.82) is 0 Å². The van der Waals surface area contributed by atoms with Crippen LogP contribution in [0.3, 0.4) is 0 Å². The SMILES string of the molecule is C=C(CCl)COc1ccc(Cl)cc1Br. The van der Waals surface area contributed by atoms with E-state index >= 15 is 0 Å². The van der Waals surface area contributed by atoms with Gasteiger partial charge in [-0.05, 0) is 39.7 Å². The van der Waals surface area contributed by atoms with Crippen LogP contribution in [0.25, 0.3) is 0 Å². The van der Waals surface area contributed by atoms with E-state index in [1.54, 1.807) is 18.2 Å². The van der Waals surface area contributed by atoms with Gasteiger partial charge in [0, 0.05) is 10.9 Å². The highest BCUT2D eigenvalue weighted by Crippen LogP contribution is 2.28. The summed E-state index contributed by atoms with van der Waals surface area (Å²) < 4.78 is 6.28. The van der Waals surface area contributed by atoms with Gasteiger partial charge in [0.1, 0.15) is 12.4 Å². The zero-order valence-corrected chi connectivity index (χ0v) is 10.5. The van der Waals surface area contributed by atoms with Crippen LogP contribution in [0.1, 0.15) is 0 Å². The standard InChI is InChI=1S/C10H9BrCl2O/c1-7(5-12)6-14-10-3-2-8(13)4-9(10)11/h2-4H,1,5-6H2. The van der Waals surface area contributed by atoms with Crippen molar-refractivity contribution in [2.24, 2.45) is 0 Å². The Balaban J connectivity index is 2.63. The summed E-state index contributed by atoms with van der Waals surface area (Å²) in [5, 5.41) is 0.667. The molecular formula is C10H9BrCl2O. The Hall–Kier alpha value is -0.180. The summed E-state index contributed by atoms with van der Waals surface area (Å²) in [6, 6.07) is 5.35. The van der Waals surface area contributed by atoms with Crippen LogP contribution in [0.15, 0.2) is 34.8 Å². The smallest absolute Gasteiger partial charge is 0.134 e. The predicted octanol–water partition coefficient (Wildman–Crippen LogP) is 4.28. The van der Waals surface area contributed by atoms with E-state index in [1.807, 2.05) is 0 Å². The third-order valence-electron chi connectivity index (χ3n) is 1.51. The molecule has 0 heterocycles. The topological polar surface area (TPSA) is 9.23 Å². The van der Waals surface area contributed by atoms with Gasteiger partial charge in [-0.15, -0.1) is 11.6 Å². The molecule has 0 saturated carbocycles. The third-order valence-corrected chi connectivity index (χ3v) is 2.75. The van der Waals surface area contributed by atoms with E-state index in [2.05, 4.69) is 22.5 Å². The highest BCUT2D eigenvalue weighted by Gasteiger charge is 2.02. The second-order valence-corrected chi connectivity index (χ2v) is 4.31. The maximum atomic E-state index is 5.78. The van der Waals surface area contributed by atoms with Crippen LogP contribution in [-0.4, -0.2) is 12.5 Å². The first-order valence-electron chi connectivity index (χ1n) is 3.94. The van der Waals surface area contributed by atoms with E-state index in [0.717, 1.165) is 15.8 Å². The Bertz CT molecular complexity index is 339. The van der Waals surface area contributed by atoms with Gasteiger partial charge in [0.05, 0.1) is 4.47 Å². The molecule has 1 aromatic rings. The second-order valence-electron chi connectivity index (χ2n) is 2.75. The minimum Gasteiger partial charge on any atom is -0.488 e. The fourth-order valence-electron chi connectivity index (χ4n) is 0.811. The highest BCUT2D eigenvalue weighted by molar-refractivity contribution is 9.10. The Labute approximate surface area is 102 Å². The summed E-state index contributed by atoms with van der Waals surface area (Å²) in [5.41, 5.74) is 0.841. The molecular weight excluding hydrogens is 287 g/mol. The van der Waals surface area contributed by atoms with Crippen molar-refractivity contribution in [1.82, 2.24) is 0 Å². The monoisotopic (exact) mass is 294 g/mol. The van der Waals surface area contributed by atoms with Crippen LogP contribution in [0.5, 0.6) is 5.75 Å². The van der Waals surface area contributed by atoms with Crippen LogP contribution in [0, 0.1) is 0 Å². The summed E-state index contributed by atoms with van der Waals surface area (Å²) in [7, 11) is 0. The minimum atomic E-state index is 0.408. The molecule has 0 aliphatic heterocycles. The molecule has 0 bridgehead atoms. The average molecular weight is 296 g/mol. The first-order chi connectivity index (χ1) is 6.63. The number of hydrogen-bond acceptors (Lipinski definition) is 1. The molecule has 0 unspecified atom stereocenters. The Kier molecular flexibility index (Phi) is 4.79. The Morgan fingerprint density at radius 3 is 2.79 bits per heavy atom. The predicted molar refractivity (Wildman–Crippen MR) is 64.5 cm³/mol. The molecule has 0 N–H and O–H groups in total. The van der Waals surface area contributed by atoms with Gasteiger partial charge in [-0.3, -0.25) is 0 Å². The lowest BCUT2D eigenvalue weighted by Crippen LogP contribution is -2.01. The number of hydrogen-bond donors (Lipinski definition) is 0.